The van der Waals surface area contributed by atoms with Crippen molar-refractivity contribution in [1.29, 1.82) is 5.26 Å². The van der Waals surface area contributed by atoms with Gasteiger partial charge in [-0.2, -0.15) is 5.26 Å². The lowest BCUT2D eigenvalue weighted by Crippen LogP contribution is -1.94. The molecule has 0 spiro atoms. The first-order chi connectivity index (χ1) is 9.74. The third-order valence-corrected chi connectivity index (χ3v) is 4.02. The molecule has 6 heteroatoms. The molecule has 0 saturated heterocycles. The summed E-state index contributed by atoms with van der Waals surface area (Å²) < 4.78 is 6.08. The van der Waals surface area contributed by atoms with Crippen LogP contribution in [0, 0.1) is 11.3 Å². The summed E-state index contributed by atoms with van der Waals surface area (Å²) in [5, 5.41) is 13.2. The number of aryl methyl sites for hydroxylation is 2. The molecule has 20 heavy (non-hydrogen) atoms. The molecule has 2 heterocycles. The van der Waals surface area contributed by atoms with Gasteiger partial charge in [-0.25, -0.2) is 4.98 Å². The van der Waals surface area contributed by atoms with Crippen molar-refractivity contribution in [2.45, 2.75) is 19.8 Å². The highest BCUT2D eigenvalue weighted by molar-refractivity contribution is 7.09. The highest BCUT2D eigenvalue weighted by Gasteiger charge is 2.16. The van der Waals surface area contributed by atoms with E-state index in [0.29, 0.717) is 5.56 Å². The van der Waals surface area contributed by atoms with Crippen molar-refractivity contribution in [2.75, 3.05) is 0 Å². The molecular formula is C14H13N5S. The van der Waals surface area contributed by atoms with E-state index >= 15 is 0 Å². The standard InChI is InChI=1S/C14H13N5S/c1-3-4-10-13(20-18-17-10)14-16-11-7-9(8-15)5-6-12(11)19(14)2/h5-7H,3-4H2,1-2H3. The highest BCUT2D eigenvalue weighted by atomic mass is 32.1. The van der Waals surface area contributed by atoms with Crippen LogP contribution in [0.2, 0.25) is 0 Å². The maximum Gasteiger partial charge on any atom is 0.154 e. The van der Waals surface area contributed by atoms with Gasteiger partial charge in [0.15, 0.2) is 5.82 Å². The third kappa shape index (κ3) is 1.96. The molecule has 0 amide bonds. The second-order valence-electron chi connectivity index (χ2n) is 4.61. The van der Waals surface area contributed by atoms with Crippen molar-refractivity contribution in [2.24, 2.45) is 7.05 Å². The lowest BCUT2D eigenvalue weighted by Gasteiger charge is -2.01. The van der Waals surface area contributed by atoms with Crippen molar-refractivity contribution in [3.05, 3.63) is 29.5 Å². The van der Waals surface area contributed by atoms with Crippen LogP contribution in [0.4, 0.5) is 0 Å². The molecule has 0 unspecified atom stereocenters. The highest BCUT2D eigenvalue weighted by Crippen LogP contribution is 2.29. The van der Waals surface area contributed by atoms with E-state index in [2.05, 4.69) is 27.6 Å². The molecule has 0 atom stereocenters. The van der Waals surface area contributed by atoms with Gasteiger partial charge < -0.3 is 4.57 Å². The Labute approximate surface area is 120 Å². The number of nitrogens with zero attached hydrogens (tertiary/aromatic N) is 5. The minimum atomic E-state index is 0.623. The maximum absolute atomic E-state index is 8.97. The second kappa shape index (κ2) is 5.02. The summed E-state index contributed by atoms with van der Waals surface area (Å²) in [5.41, 5.74) is 3.46. The van der Waals surface area contributed by atoms with Crippen molar-refractivity contribution in [3.8, 4) is 16.8 Å². The number of hydrogen-bond acceptors (Lipinski definition) is 5. The van der Waals surface area contributed by atoms with E-state index < -0.39 is 0 Å². The van der Waals surface area contributed by atoms with Crippen LogP contribution in [-0.4, -0.2) is 19.1 Å². The normalized spacial score (nSPS) is 10.8. The largest absolute Gasteiger partial charge is 0.326 e. The molecule has 0 bridgehead atoms. The lowest BCUT2D eigenvalue weighted by molar-refractivity contribution is 0.865. The van der Waals surface area contributed by atoms with Gasteiger partial charge in [-0.05, 0) is 36.2 Å². The lowest BCUT2D eigenvalue weighted by atomic mass is 10.2. The van der Waals surface area contributed by atoms with Gasteiger partial charge in [0.05, 0.1) is 28.4 Å². The predicted molar refractivity (Wildman–Crippen MR) is 78.3 cm³/mol. The fourth-order valence-corrected chi connectivity index (χ4v) is 2.98. The minimum absolute atomic E-state index is 0.623. The topological polar surface area (TPSA) is 67.4 Å². The molecule has 0 aliphatic carbocycles. The summed E-state index contributed by atoms with van der Waals surface area (Å²) in [6.45, 7) is 2.12. The van der Waals surface area contributed by atoms with Crippen molar-refractivity contribution < 1.29 is 0 Å². The van der Waals surface area contributed by atoms with E-state index in [9.17, 15) is 0 Å². The molecule has 3 aromatic rings. The van der Waals surface area contributed by atoms with Crippen LogP contribution in [0.3, 0.4) is 0 Å². The van der Waals surface area contributed by atoms with E-state index in [4.69, 9.17) is 5.26 Å². The zero-order valence-electron chi connectivity index (χ0n) is 11.3. The first kappa shape index (κ1) is 12.8. The van der Waals surface area contributed by atoms with E-state index in [1.54, 1.807) is 0 Å². The Bertz CT molecular complexity index is 809. The molecule has 0 saturated carbocycles. The van der Waals surface area contributed by atoms with E-state index in [0.717, 1.165) is 40.3 Å². The van der Waals surface area contributed by atoms with E-state index in [-0.39, 0.29) is 0 Å². The van der Waals surface area contributed by atoms with Crippen LogP contribution in [0.25, 0.3) is 21.7 Å². The van der Waals surface area contributed by atoms with Gasteiger partial charge in [0.1, 0.15) is 4.88 Å². The fraction of sp³-hybridized carbons (Fsp3) is 0.286. The first-order valence-corrected chi connectivity index (χ1v) is 7.20. The summed E-state index contributed by atoms with van der Waals surface area (Å²) in [4.78, 5) is 5.67. The van der Waals surface area contributed by atoms with Gasteiger partial charge >= 0.3 is 0 Å². The summed E-state index contributed by atoms with van der Waals surface area (Å²) in [6.07, 6.45) is 1.93. The van der Waals surface area contributed by atoms with Gasteiger partial charge in [0, 0.05) is 7.05 Å². The fourth-order valence-electron chi connectivity index (χ4n) is 2.25. The van der Waals surface area contributed by atoms with Crippen molar-refractivity contribution in [3.63, 3.8) is 0 Å². The van der Waals surface area contributed by atoms with Crippen LogP contribution < -0.4 is 0 Å². The van der Waals surface area contributed by atoms with Gasteiger partial charge in [0.2, 0.25) is 0 Å². The molecular weight excluding hydrogens is 270 g/mol. The Morgan fingerprint density at radius 2 is 2.25 bits per heavy atom. The Balaban J connectivity index is 2.19. The zero-order valence-corrected chi connectivity index (χ0v) is 12.1. The van der Waals surface area contributed by atoms with Gasteiger partial charge in [-0.3, -0.25) is 0 Å². The number of fused-ring (bicyclic) bond motifs is 1. The number of imidazole rings is 1. The molecule has 0 radical (unpaired) electrons. The quantitative estimate of drug-likeness (QED) is 0.741. The van der Waals surface area contributed by atoms with Crippen LogP contribution in [0.15, 0.2) is 18.2 Å². The molecule has 100 valence electrons. The zero-order chi connectivity index (χ0) is 14.1. The molecule has 0 N–H and O–H groups in total. The monoisotopic (exact) mass is 283 g/mol. The Morgan fingerprint density at radius 3 is 3.00 bits per heavy atom. The molecule has 1 aromatic carbocycles. The molecule has 5 nitrogen and oxygen atoms in total. The number of rotatable bonds is 3. The number of benzene rings is 1. The van der Waals surface area contributed by atoms with Crippen LogP contribution in [0.5, 0.6) is 0 Å². The van der Waals surface area contributed by atoms with Gasteiger partial charge in [-0.15, -0.1) is 5.10 Å². The Hall–Kier alpha value is -2.26. The molecule has 3 rings (SSSR count). The van der Waals surface area contributed by atoms with Gasteiger partial charge in [-0.1, -0.05) is 17.8 Å². The number of hydrogen-bond donors (Lipinski definition) is 0. The summed E-state index contributed by atoms with van der Waals surface area (Å²) >= 11 is 1.37. The average Bonchev–Trinajstić information content (AvgIpc) is 3.04. The first-order valence-electron chi connectivity index (χ1n) is 6.42. The maximum atomic E-state index is 8.97. The van der Waals surface area contributed by atoms with Crippen LogP contribution >= 0.6 is 11.5 Å². The second-order valence-corrected chi connectivity index (χ2v) is 5.36. The Morgan fingerprint density at radius 1 is 1.40 bits per heavy atom. The summed E-state index contributed by atoms with van der Waals surface area (Å²) in [6, 6.07) is 7.70. The molecule has 2 aromatic heterocycles. The smallest absolute Gasteiger partial charge is 0.154 e. The van der Waals surface area contributed by atoms with Crippen molar-refractivity contribution >= 4 is 22.6 Å². The molecule has 0 aliphatic heterocycles. The Kier molecular flexibility index (Phi) is 3.20. The number of aromatic nitrogens is 4. The van der Waals surface area contributed by atoms with E-state index in [1.165, 1.54) is 11.5 Å². The minimum Gasteiger partial charge on any atom is -0.326 e. The summed E-state index contributed by atoms with van der Waals surface area (Å²) in [7, 11) is 1.98. The average molecular weight is 283 g/mol. The SMILES string of the molecule is CCCc1nnsc1-c1nc2cc(C#N)ccc2n1C. The van der Waals surface area contributed by atoms with Crippen molar-refractivity contribution in [1.82, 2.24) is 19.1 Å². The van der Waals surface area contributed by atoms with Crippen LogP contribution in [-0.2, 0) is 13.5 Å². The van der Waals surface area contributed by atoms with E-state index in [1.807, 2.05) is 29.8 Å². The molecule has 0 aliphatic rings. The van der Waals surface area contributed by atoms with Gasteiger partial charge in [0.25, 0.3) is 0 Å². The third-order valence-electron chi connectivity index (χ3n) is 3.26. The summed E-state index contributed by atoms with van der Waals surface area (Å²) in [5.74, 6) is 0.869. The molecule has 0 fully saturated rings. The number of nitriles is 1. The van der Waals surface area contributed by atoms with Crippen LogP contribution in [0.1, 0.15) is 24.6 Å². The predicted octanol–water partition coefficient (Wildman–Crippen LogP) is 2.92.